The maximum Gasteiger partial charge on any atom is 0.305 e. The van der Waals surface area contributed by atoms with Crippen molar-refractivity contribution in [2.75, 3.05) is 6.61 Å². The van der Waals surface area contributed by atoms with Crippen molar-refractivity contribution in [3.05, 3.63) is 0 Å². The van der Waals surface area contributed by atoms with Gasteiger partial charge in [0, 0.05) is 12.8 Å². The monoisotopic (exact) mass is 214 g/mol. The van der Waals surface area contributed by atoms with Crippen molar-refractivity contribution in [1.82, 2.24) is 0 Å². The molecule has 0 rings (SSSR count). The standard InChI is InChI=1S/C12H22O3/c1-3-4-7-10-15-12(14)9-6-5-8-11(2)13/h3-10H2,1-2H3. The molecule has 0 N–H and O–H groups in total. The van der Waals surface area contributed by atoms with E-state index in [1.807, 2.05) is 0 Å². The summed E-state index contributed by atoms with van der Waals surface area (Å²) in [6.07, 6.45) is 5.76. The van der Waals surface area contributed by atoms with E-state index in [0.717, 1.165) is 32.1 Å². The molecule has 0 atom stereocenters. The zero-order valence-electron chi connectivity index (χ0n) is 9.88. The van der Waals surface area contributed by atoms with Crippen LogP contribution < -0.4 is 0 Å². The molecular weight excluding hydrogens is 192 g/mol. The molecular formula is C12H22O3. The Morgan fingerprint density at radius 2 is 1.67 bits per heavy atom. The second kappa shape index (κ2) is 9.69. The molecule has 0 bridgehead atoms. The molecule has 3 heteroatoms. The second-order valence-electron chi connectivity index (χ2n) is 3.84. The number of rotatable bonds is 9. The van der Waals surface area contributed by atoms with Crippen LogP contribution in [0.1, 0.15) is 58.8 Å². The smallest absolute Gasteiger partial charge is 0.305 e. The summed E-state index contributed by atoms with van der Waals surface area (Å²) in [6.45, 7) is 4.23. The van der Waals surface area contributed by atoms with Crippen molar-refractivity contribution in [3.63, 3.8) is 0 Å². The first-order valence-electron chi connectivity index (χ1n) is 5.82. The molecule has 0 aromatic heterocycles. The molecule has 0 aliphatic heterocycles. The van der Waals surface area contributed by atoms with Gasteiger partial charge in [-0.15, -0.1) is 0 Å². The van der Waals surface area contributed by atoms with Crippen molar-refractivity contribution in [2.24, 2.45) is 0 Å². The average molecular weight is 214 g/mol. The van der Waals surface area contributed by atoms with Gasteiger partial charge in [-0.05, 0) is 26.2 Å². The molecule has 0 aliphatic carbocycles. The predicted octanol–water partition coefficient (Wildman–Crippen LogP) is 2.87. The lowest BCUT2D eigenvalue weighted by Crippen LogP contribution is -2.05. The number of esters is 1. The molecule has 88 valence electrons. The zero-order valence-corrected chi connectivity index (χ0v) is 9.88. The summed E-state index contributed by atoms with van der Waals surface area (Å²) in [5.74, 6) is 0.0565. The van der Waals surface area contributed by atoms with Gasteiger partial charge in [0.2, 0.25) is 0 Å². The highest BCUT2D eigenvalue weighted by atomic mass is 16.5. The number of unbranched alkanes of at least 4 members (excludes halogenated alkanes) is 3. The molecule has 15 heavy (non-hydrogen) atoms. The minimum absolute atomic E-state index is 0.130. The maximum absolute atomic E-state index is 11.1. The summed E-state index contributed by atoms with van der Waals surface area (Å²) in [6, 6.07) is 0. The van der Waals surface area contributed by atoms with Crippen LogP contribution in [0.25, 0.3) is 0 Å². The molecule has 0 aromatic carbocycles. The van der Waals surface area contributed by atoms with Crippen molar-refractivity contribution in [3.8, 4) is 0 Å². The SMILES string of the molecule is CCCCCOC(=O)CCCCC(C)=O. The van der Waals surface area contributed by atoms with E-state index >= 15 is 0 Å². The molecule has 0 saturated heterocycles. The van der Waals surface area contributed by atoms with Crippen LogP contribution in [0, 0.1) is 0 Å². The normalized spacial score (nSPS) is 10.0. The predicted molar refractivity (Wildman–Crippen MR) is 59.6 cm³/mol. The van der Waals surface area contributed by atoms with Crippen LogP contribution in [-0.2, 0) is 14.3 Å². The Hall–Kier alpha value is -0.860. The minimum Gasteiger partial charge on any atom is -0.466 e. The van der Waals surface area contributed by atoms with E-state index < -0.39 is 0 Å². The van der Waals surface area contributed by atoms with Crippen molar-refractivity contribution < 1.29 is 14.3 Å². The third-order valence-corrected chi connectivity index (χ3v) is 2.17. The fourth-order valence-corrected chi connectivity index (χ4v) is 1.25. The highest BCUT2D eigenvalue weighted by Crippen LogP contribution is 2.03. The van der Waals surface area contributed by atoms with E-state index in [2.05, 4.69) is 6.92 Å². The van der Waals surface area contributed by atoms with Crippen LogP contribution in [0.5, 0.6) is 0 Å². The number of Topliss-reactive ketones (excluding diaryl/α,β-unsaturated/α-hetero) is 1. The van der Waals surface area contributed by atoms with Gasteiger partial charge in [0.25, 0.3) is 0 Å². The fraction of sp³-hybridized carbons (Fsp3) is 0.833. The summed E-state index contributed by atoms with van der Waals surface area (Å²) < 4.78 is 5.03. The number of ether oxygens (including phenoxy) is 1. The van der Waals surface area contributed by atoms with E-state index in [-0.39, 0.29) is 11.8 Å². The lowest BCUT2D eigenvalue weighted by molar-refractivity contribution is -0.144. The fourth-order valence-electron chi connectivity index (χ4n) is 1.25. The Morgan fingerprint density at radius 1 is 1.00 bits per heavy atom. The van der Waals surface area contributed by atoms with Crippen LogP contribution in [0.3, 0.4) is 0 Å². The van der Waals surface area contributed by atoms with Gasteiger partial charge >= 0.3 is 5.97 Å². The molecule has 3 nitrogen and oxygen atoms in total. The largest absolute Gasteiger partial charge is 0.466 e. The average Bonchev–Trinajstić information content (AvgIpc) is 2.19. The lowest BCUT2D eigenvalue weighted by atomic mass is 10.1. The van der Waals surface area contributed by atoms with E-state index in [4.69, 9.17) is 4.74 Å². The first-order chi connectivity index (χ1) is 7.16. The third kappa shape index (κ3) is 11.1. The van der Waals surface area contributed by atoms with Gasteiger partial charge in [-0.2, -0.15) is 0 Å². The Morgan fingerprint density at radius 3 is 2.27 bits per heavy atom. The molecule has 0 unspecified atom stereocenters. The number of carbonyl (C=O) groups excluding carboxylic acids is 2. The van der Waals surface area contributed by atoms with Gasteiger partial charge in [0.15, 0.2) is 0 Å². The van der Waals surface area contributed by atoms with Gasteiger partial charge in [-0.1, -0.05) is 19.8 Å². The molecule has 0 heterocycles. The first kappa shape index (κ1) is 14.1. The second-order valence-corrected chi connectivity index (χ2v) is 3.84. The van der Waals surface area contributed by atoms with E-state index in [0.29, 0.717) is 19.4 Å². The number of carbonyl (C=O) groups is 2. The number of hydrogen-bond acceptors (Lipinski definition) is 3. The molecule has 0 amide bonds. The molecule has 0 aliphatic rings. The highest BCUT2D eigenvalue weighted by Gasteiger charge is 2.02. The summed E-state index contributed by atoms with van der Waals surface area (Å²) in [5.41, 5.74) is 0. The van der Waals surface area contributed by atoms with Gasteiger partial charge in [0.05, 0.1) is 6.61 Å². The molecule has 0 radical (unpaired) electrons. The quantitative estimate of drug-likeness (QED) is 0.438. The summed E-state index contributed by atoms with van der Waals surface area (Å²) >= 11 is 0. The molecule has 0 saturated carbocycles. The van der Waals surface area contributed by atoms with Crippen LogP contribution in [-0.4, -0.2) is 18.4 Å². The lowest BCUT2D eigenvalue weighted by Gasteiger charge is -2.03. The van der Waals surface area contributed by atoms with Crippen molar-refractivity contribution in [1.29, 1.82) is 0 Å². The number of hydrogen-bond donors (Lipinski definition) is 0. The maximum atomic E-state index is 11.1. The Labute approximate surface area is 92.2 Å². The number of ketones is 1. The van der Waals surface area contributed by atoms with E-state index in [1.54, 1.807) is 6.92 Å². The van der Waals surface area contributed by atoms with Gasteiger partial charge < -0.3 is 9.53 Å². The van der Waals surface area contributed by atoms with Crippen LogP contribution in [0.15, 0.2) is 0 Å². The summed E-state index contributed by atoms with van der Waals surface area (Å²) in [4.78, 5) is 21.8. The van der Waals surface area contributed by atoms with Crippen molar-refractivity contribution >= 4 is 11.8 Å². The Kier molecular flexibility index (Phi) is 9.13. The van der Waals surface area contributed by atoms with Gasteiger partial charge in [0.1, 0.15) is 5.78 Å². The van der Waals surface area contributed by atoms with Gasteiger partial charge in [-0.25, -0.2) is 0 Å². The highest BCUT2D eigenvalue weighted by molar-refractivity contribution is 5.75. The van der Waals surface area contributed by atoms with Crippen LogP contribution >= 0.6 is 0 Å². The zero-order chi connectivity index (χ0) is 11.5. The third-order valence-electron chi connectivity index (χ3n) is 2.17. The van der Waals surface area contributed by atoms with E-state index in [1.165, 1.54) is 0 Å². The molecule has 0 fully saturated rings. The van der Waals surface area contributed by atoms with E-state index in [9.17, 15) is 9.59 Å². The van der Waals surface area contributed by atoms with Crippen LogP contribution in [0.4, 0.5) is 0 Å². The van der Waals surface area contributed by atoms with Gasteiger partial charge in [-0.3, -0.25) is 4.79 Å². The molecule has 0 aromatic rings. The summed E-state index contributed by atoms with van der Waals surface area (Å²) in [7, 11) is 0. The topological polar surface area (TPSA) is 43.4 Å². The van der Waals surface area contributed by atoms with Crippen molar-refractivity contribution in [2.45, 2.75) is 58.8 Å². The molecule has 0 spiro atoms. The summed E-state index contributed by atoms with van der Waals surface area (Å²) in [5, 5.41) is 0. The Balaban J connectivity index is 3.22. The first-order valence-corrected chi connectivity index (χ1v) is 5.82. The Bertz CT molecular complexity index is 187. The van der Waals surface area contributed by atoms with Crippen LogP contribution in [0.2, 0.25) is 0 Å². The minimum atomic E-state index is -0.130.